The zero-order valence-corrected chi connectivity index (χ0v) is 11.7. The van der Waals surface area contributed by atoms with Crippen molar-refractivity contribution in [3.8, 4) is 0 Å². The zero-order valence-electron chi connectivity index (χ0n) is 11.7. The maximum absolute atomic E-state index is 11.6. The smallest absolute Gasteiger partial charge is 0.234 e. The van der Waals surface area contributed by atoms with Gasteiger partial charge in [-0.3, -0.25) is 4.79 Å². The van der Waals surface area contributed by atoms with Gasteiger partial charge in [-0.2, -0.15) is 0 Å². The molecule has 0 bridgehead atoms. The molecule has 0 aromatic heterocycles. The van der Waals surface area contributed by atoms with Crippen LogP contribution >= 0.6 is 0 Å². The first-order valence-corrected chi connectivity index (χ1v) is 6.34. The van der Waals surface area contributed by atoms with Crippen molar-refractivity contribution in [3.05, 3.63) is 0 Å². The number of hydrogen-bond donors (Lipinski definition) is 2. The lowest BCUT2D eigenvalue weighted by Crippen LogP contribution is -2.47. The molecule has 0 aliphatic rings. The highest BCUT2D eigenvalue weighted by atomic mass is 16.2. The molecular formula is C13H28N2O. The number of amides is 1. The monoisotopic (exact) mass is 228 g/mol. The molecule has 0 heterocycles. The quantitative estimate of drug-likeness (QED) is 0.732. The Hall–Kier alpha value is -0.570. The molecular weight excluding hydrogens is 200 g/mol. The predicted octanol–water partition coefficient (Wildman–Crippen LogP) is 2.32. The summed E-state index contributed by atoms with van der Waals surface area (Å²) in [6.07, 6.45) is 2.32. The van der Waals surface area contributed by atoms with Crippen molar-refractivity contribution in [2.75, 3.05) is 6.54 Å². The van der Waals surface area contributed by atoms with Gasteiger partial charge >= 0.3 is 0 Å². The van der Waals surface area contributed by atoms with E-state index >= 15 is 0 Å². The third kappa shape index (κ3) is 6.83. The summed E-state index contributed by atoms with van der Waals surface area (Å²) >= 11 is 0. The van der Waals surface area contributed by atoms with Crippen molar-refractivity contribution in [1.29, 1.82) is 0 Å². The Balaban J connectivity index is 3.92. The van der Waals surface area contributed by atoms with Crippen LogP contribution in [0.2, 0.25) is 0 Å². The van der Waals surface area contributed by atoms with Gasteiger partial charge in [0.15, 0.2) is 0 Å². The second kappa shape index (κ2) is 6.89. The summed E-state index contributed by atoms with van der Waals surface area (Å²) in [6.45, 7) is 12.9. The molecule has 0 spiro atoms. The number of carbonyl (C=O) groups is 1. The highest BCUT2D eigenvalue weighted by Crippen LogP contribution is 2.12. The molecule has 0 aromatic carbocycles. The predicted molar refractivity (Wildman–Crippen MR) is 69.4 cm³/mol. The molecule has 3 heteroatoms. The molecule has 1 unspecified atom stereocenters. The van der Waals surface area contributed by atoms with Gasteiger partial charge in [0, 0.05) is 11.6 Å². The first-order chi connectivity index (χ1) is 7.30. The fraction of sp³-hybridized carbons (Fsp3) is 0.923. The average Bonchev–Trinajstić information content (AvgIpc) is 2.14. The summed E-state index contributed by atoms with van der Waals surface area (Å²) in [5, 5.41) is 6.24. The normalized spacial score (nSPS) is 13.9. The number of nitrogens with one attached hydrogen (secondary N) is 2. The Kier molecular flexibility index (Phi) is 6.65. The highest BCUT2D eigenvalue weighted by molar-refractivity contribution is 5.78. The molecule has 0 saturated carbocycles. The van der Waals surface area contributed by atoms with E-state index in [0.29, 0.717) is 18.5 Å². The third-order valence-electron chi connectivity index (χ3n) is 2.85. The summed E-state index contributed by atoms with van der Waals surface area (Å²) in [6, 6.07) is 0.403. The lowest BCUT2D eigenvalue weighted by atomic mass is 9.95. The van der Waals surface area contributed by atoms with E-state index in [0.717, 1.165) is 12.8 Å². The largest absolute Gasteiger partial charge is 0.350 e. The van der Waals surface area contributed by atoms with E-state index < -0.39 is 0 Å². The van der Waals surface area contributed by atoms with Gasteiger partial charge in [-0.1, -0.05) is 26.7 Å². The Bertz CT molecular complexity index is 204. The highest BCUT2D eigenvalue weighted by Gasteiger charge is 2.16. The molecule has 1 amide bonds. The van der Waals surface area contributed by atoms with E-state index in [1.54, 1.807) is 0 Å². The summed E-state index contributed by atoms with van der Waals surface area (Å²) in [5.74, 6) is 0.729. The Morgan fingerprint density at radius 3 is 2.06 bits per heavy atom. The second-order valence-electron chi connectivity index (χ2n) is 5.54. The van der Waals surface area contributed by atoms with Gasteiger partial charge in [-0.15, -0.1) is 0 Å². The fourth-order valence-electron chi connectivity index (χ4n) is 1.88. The number of rotatable bonds is 6. The van der Waals surface area contributed by atoms with Gasteiger partial charge in [0.1, 0.15) is 0 Å². The molecule has 3 nitrogen and oxygen atoms in total. The van der Waals surface area contributed by atoms with Crippen LogP contribution in [-0.4, -0.2) is 24.0 Å². The number of carbonyl (C=O) groups excluding carboxylic acids is 1. The van der Waals surface area contributed by atoms with E-state index in [1.807, 2.05) is 20.8 Å². The van der Waals surface area contributed by atoms with Gasteiger partial charge in [-0.05, 0) is 33.6 Å². The van der Waals surface area contributed by atoms with Crippen LogP contribution in [0.5, 0.6) is 0 Å². The van der Waals surface area contributed by atoms with Crippen LogP contribution in [0.15, 0.2) is 0 Å². The van der Waals surface area contributed by atoms with Gasteiger partial charge in [0.25, 0.3) is 0 Å². The van der Waals surface area contributed by atoms with Crippen LogP contribution in [0.4, 0.5) is 0 Å². The third-order valence-corrected chi connectivity index (χ3v) is 2.85. The molecule has 0 aromatic rings. The van der Waals surface area contributed by atoms with Crippen molar-refractivity contribution in [1.82, 2.24) is 10.6 Å². The van der Waals surface area contributed by atoms with E-state index in [4.69, 9.17) is 0 Å². The average molecular weight is 228 g/mol. The minimum absolute atomic E-state index is 0.0744. The summed E-state index contributed by atoms with van der Waals surface area (Å²) in [7, 11) is 0. The maximum Gasteiger partial charge on any atom is 0.234 e. The zero-order chi connectivity index (χ0) is 12.8. The van der Waals surface area contributed by atoms with E-state index in [9.17, 15) is 4.79 Å². The van der Waals surface area contributed by atoms with Gasteiger partial charge in [0.2, 0.25) is 5.91 Å². The van der Waals surface area contributed by atoms with E-state index in [1.165, 1.54) is 0 Å². The second-order valence-corrected chi connectivity index (χ2v) is 5.54. The first-order valence-electron chi connectivity index (χ1n) is 6.34. The molecule has 0 radical (unpaired) electrons. The fourth-order valence-corrected chi connectivity index (χ4v) is 1.88. The van der Waals surface area contributed by atoms with E-state index in [2.05, 4.69) is 31.4 Å². The Labute approximate surface area is 100 Å². The van der Waals surface area contributed by atoms with Crippen molar-refractivity contribution >= 4 is 5.91 Å². The maximum atomic E-state index is 11.6. The van der Waals surface area contributed by atoms with Gasteiger partial charge in [-0.25, -0.2) is 0 Å². The molecule has 96 valence electrons. The molecule has 16 heavy (non-hydrogen) atoms. The minimum atomic E-state index is -0.142. The van der Waals surface area contributed by atoms with Crippen molar-refractivity contribution < 1.29 is 4.79 Å². The van der Waals surface area contributed by atoms with Gasteiger partial charge in [0.05, 0.1) is 6.54 Å². The summed E-state index contributed by atoms with van der Waals surface area (Å²) < 4.78 is 0. The van der Waals surface area contributed by atoms with Crippen LogP contribution in [0.1, 0.15) is 54.4 Å². The summed E-state index contributed by atoms with van der Waals surface area (Å²) in [5.41, 5.74) is -0.142. The molecule has 0 fully saturated rings. The van der Waals surface area contributed by atoms with Crippen LogP contribution in [0.3, 0.4) is 0 Å². The van der Waals surface area contributed by atoms with Crippen LogP contribution < -0.4 is 10.6 Å². The molecule has 2 N–H and O–H groups in total. The SMILES string of the molecule is CCC(CC)C(C)NCC(=O)NC(C)(C)C. The Morgan fingerprint density at radius 2 is 1.69 bits per heavy atom. The number of hydrogen-bond acceptors (Lipinski definition) is 2. The van der Waals surface area contributed by atoms with Crippen LogP contribution in [-0.2, 0) is 4.79 Å². The van der Waals surface area contributed by atoms with E-state index in [-0.39, 0.29) is 11.4 Å². The lowest BCUT2D eigenvalue weighted by Gasteiger charge is -2.24. The molecule has 0 saturated heterocycles. The molecule has 1 atom stereocenters. The summed E-state index contributed by atoms with van der Waals surface area (Å²) in [4.78, 5) is 11.6. The minimum Gasteiger partial charge on any atom is -0.350 e. The van der Waals surface area contributed by atoms with Crippen LogP contribution in [0.25, 0.3) is 0 Å². The lowest BCUT2D eigenvalue weighted by molar-refractivity contribution is -0.121. The Morgan fingerprint density at radius 1 is 1.19 bits per heavy atom. The van der Waals surface area contributed by atoms with Crippen molar-refractivity contribution in [3.63, 3.8) is 0 Å². The van der Waals surface area contributed by atoms with Gasteiger partial charge < -0.3 is 10.6 Å². The molecule has 0 rings (SSSR count). The molecule has 0 aliphatic carbocycles. The standard InChI is InChI=1S/C13H28N2O/c1-7-11(8-2)10(3)14-9-12(16)15-13(4,5)6/h10-11,14H,7-9H2,1-6H3,(H,15,16). The van der Waals surface area contributed by atoms with Crippen molar-refractivity contribution in [2.24, 2.45) is 5.92 Å². The first kappa shape index (κ1) is 15.4. The topological polar surface area (TPSA) is 41.1 Å². The van der Waals surface area contributed by atoms with Crippen molar-refractivity contribution in [2.45, 2.75) is 66.0 Å². The van der Waals surface area contributed by atoms with Crippen LogP contribution in [0, 0.1) is 5.92 Å². The molecule has 0 aliphatic heterocycles.